The third-order valence-electron chi connectivity index (χ3n) is 7.57. The van der Waals surface area contributed by atoms with E-state index in [1.54, 1.807) is 76.2 Å². The number of hydrogen-bond donors (Lipinski definition) is 2. The Morgan fingerprint density at radius 2 is 0.958 bits per heavy atom. The summed E-state index contributed by atoms with van der Waals surface area (Å²) in [5.74, 6) is -3.25. The summed E-state index contributed by atoms with van der Waals surface area (Å²) in [6.07, 6.45) is 0.0658. The molecule has 2 aromatic rings. The molecule has 2 saturated heterocycles. The first-order chi connectivity index (χ1) is 22.9. The molecule has 0 aliphatic carbocycles. The maximum absolute atomic E-state index is 13.5. The number of β-lactam (4-membered cyclic amide) rings is 2. The monoisotopic (exact) mass is 694 g/mol. The molecule has 4 amide bonds. The number of carbonyl (C=O) groups excluding carboxylic acids is 6. The number of nitrogens with zero attached hydrogens (tertiary/aromatic N) is 2. The first-order valence-corrected chi connectivity index (χ1v) is 17.3. The molecule has 0 radical (unpaired) electrons. The minimum Gasteiger partial charge on any atom is -0.464 e. The molecule has 0 aromatic heterocycles. The first kappa shape index (κ1) is 36.3. The second-order valence-corrected chi connectivity index (χ2v) is 14.0. The number of allylic oxidation sites excluding steroid dienone is 2. The van der Waals surface area contributed by atoms with Crippen LogP contribution in [0.4, 0.5) is 0 Å². The Morgan fingerprint density at radius 1 is 0.625 bits per heavy atom. The van der Waals surface area contributed by atoms with E-state index in [0.29, 0.717) is 11.1 Å². The van der Waals surface area contributed by atoms with Gasteiger partial charge in [0.05, 0.1) is 27.1 Å². The molecule has 4 rings (SSSR count). The lowest BCUT2D eigenvalue weighted by molar-refractivity contribution is -0.151. The minimum absolute atomic E-state index is 0.0305. The number of ether oxygens (including phenoxy) is 2. The molecule has 0 saturated carbocycles. The SMILES string of the molecule is COC(=O)C(=C(C)C)N1C(=O)C(NC(=O)Cc2ccccc2)C1SSC1C(NC(=O)Cc2ccccc2)C(=O)N1C(C(=O)OC)=C(C)C. The standard InChI is InChI=1S/C34H38N4O8S2/c1-19(2)27(33(43)45-5)37-29(41)25(35-23(39)17-21-13-9-7-10-14-21)31(37)47-48-32-26(36-24(40)18-22-15-11-8-12-16-22)30(42)38(32)28(20(3)4)34(44)46-6/h7-16,25-26,31-32H,17-18H2,1-6H3,(H,35,39)(H,36,40). The van der Waals surface area contributed by atoms with E-state index >= 15 is 0 Å². The lowest BCUT2D eigenvalue weighted by atomic mass is 10.0. The number of rotatable bonds is 13. The Hall–Kier alpha value is -4.56. The number of amides is 4. The largest absolute Gasteiger partial charge is 0.464 e. The molecule has 4 atom stereocenters. The molecule has 2 N–H and O–H groups in total. The average molecular weight is 695 g/mol. The van der Waals surface area contributed by atoms with Gasteiger partial charge in [0.15, 0.2) is 0 Å². The number of esters is 2. The summed E-state index contributed by atoms with van der Waals surface area (Å²) in [4.78, 5) is 81.3. The van der Waals surface area contributed by atoms with Crippen molar-refractivity contribution in [2.75, 3.05) is 14.2 Å². The van der Waals surface area contributed by atoms with Crippen LogP contribution in [0, 0.1) is 0 Å². The molecule has 0 spiro atoms. The Labute approximate surface area is 287 Å². The third kappa shape index (κ3) is 7.93. The van der Waals surface area contributed by atoms with Gasteiger partial charge in [-0.3, -0.25) is 29.0 Å². The van der Waals surface area contributed by atoms with Gasteiger partial charge in [-0.05, 0) is 50.0 Å². The molecule has 4 unspecified atom stereocenters. The second-order valence-electron chi connectivity index (χ2n) is 11.5. The molecule has 254 valence electrons. The fraction of sp³-hybridized carbons (Fsp3) is 0.353. The van der Waals surface area contributed by atoms with Crippen LogP contribution in [0.15, 0.2) is 83.2 Å². The number of benzene rings is 2. The molecule has 2 aromatic carbocycles. The van der Waals surface area contributed by atoms with Gasteiger partial charge in [0.2, 0.25) is 11.8 Å². The molecule has 2 aliphatic heterocycles. The van der Waals surface area contributed by atoms with E-state index in [1.807, 2.05) is 12.1 Å². The van der Waals surface area contributed by atoms with Gasteiger partial charge in [-0.25, -0.2) is 9.59 Å². The maximum Gasteiger partial charge on any atom is 0.354 e. The number of likely N-dealkylation sites (tertiary alicyclic amines) is 2. The Bertz CT molecular complexity index is 1520. The molecular formula is C34H38N4O8S2. The lowest BCUT2D eigenvalue weighted by Gasteiger charge is -2.50. The molecule has 2 heterocycles. The van der Waals surface area contributed by atoms with E-state index in [9.17, 15) is 28.8 Å². The Morgan fingerprint density at radius 3 is 1.25 bits per heavy atom. The van der Waals surface area contributed by atoms with Gasteiger partial charge in [-0.2, -0.15) is 0 Å². The van der Waals surface area contributed by atoms with Crippen LogP contribution in [0.5, 0.6) is 0 Å². The van der Waals surface area contributed by atoms with Crippen LogP contribution in [0.3, 0.4) is 0 Å². The molecule has 48 heavy (non-hydrogen) atoms. The minimum atomic E-state index is -1.02. The molecule has 0 bridgehead atoms. The summed E-state index contributed by atoms with van der Waals surface area (Å²) in [7, 11) is 4.66. The van der Waals surface area contributed by atoms with E-state index in [0.717, 1.165) is 32.7 Å². The van der Waals surface area contributed by atoms with E-state index in [2.05, 4.69) is 10.6 Å². The van der Waals surface area contributed by atoms with Crippen molar-refractivity contribution < 1.29 is 38.2 Å². The van der Waals surface area contributed by atoms with Crippen LogP contribution < -0.4 is 10.6 Å². The maximum atomic E-state index is 13.5. The normalized spacial score (nSPS) is 19.7. The molecule has 2 aliphatic rings. The highest BCUT2D eigenvalue weighted by Crippen LogP contribution is 2.47. The van der Waals surface area contributed by atoms with Gasteiger partial charge in [0, 0.05) is 0 Å². The zero-order valence-electron chi connectivity index (χ0n) is 27.5. The van der Waals surface area contributed by atoms with Crippen molar-refractivity contribution >= 4 is 57.2 Å². The van der Waals surface area contributed by atoms with Crippen molar-refractivity contribution in [1.29, 1.82) is 0 Å². The number of methoxy groups -OCH3 is 2. The quantitative estimate of drug-likeness (QED) is 0.139. The zero-order chi connectivity index (χ0) is 35.1. The summed E-state index contributed by atoms with van der Waals surface area (Å²) in [5, 5.41) is 3.97. The molecular weight excluding hydrogens is 657 g/mol. The van der Waals surface area contributed by atoms with Crippen molar-refractivity contribution in [3.63, 3.8) is 0 Å². The topological polar surface area (TPSA) is 151 Å². The predicted molar refractivity (Wildman–Crippen MR) is 181 cm³/mol. The lowest BCUT2D eigenvalue weighted by Crippen LogP contribution is -2.71. The molecule has 2 fully saturated rings. The number of carbonyl (C=O) groups is 6. The van der Waals surface area contributed by atoms with E-state index in [1.165, 1.54) is 24.0 Å². The van der Waals surface area contributed by atoms with Crippen molar-refractivity contribution in [2.24, 2.45) is 0 Å². The van der Waals surface area contributed by atoms with Crippen molar-refractivity contribution in [2.45, 2.75) is 63.4 Å². The van der Waals surface area contributed by atoms with Crippen molar-refractivity contribution in [3.8, 4) is 0 Å². The highest BCUT2D eigenvalue weighted by atomic mass is 33.1. The second kappa shape index (κ2) is 16.0. The fourth-order valence-electron chi connectivity index (χ4n) is 5.27. The average Bonchev–Trinajstić information content (AvgIpc) is 3.07. The van der Waals surface area contributed by atoms with Gasteiger partial charge in [0.1, 0.15) is 34.2 Å². The third-order valence-corrected chi connectivity index (χ3v) is 10.6. The summed E-state index contributed by atoms with van der Waals surface area (Å²) in [5.41, 5.74) is 2.61. The van der Waals surface area contributed by atoms with Gasteiger partial charge < -0.3 is 20.1 Å². The van der Waals surface area contributed by atoms with Crippen LogP contribution >= 0.6 is 21.6 Å². The fourth-order valence-corrected chi connectivity index (χ4v) is 8.55. The molecule has 14 heteroatoms. The Kier molecular flexibility index (Phi) is 12.1. The number of hydrogen-bond acceptors (Lipinski definition) is 10. The van der Waals surface area contributed by atoms with Crippen LogP contribution in [-0.4, -0.2) is 82.4 Å². The van der Waals surface area contributed by atoms with E-state index < -0.39 is 58.4 Å². The van der Waals surface area contributed by atoms with Crippen LogP contribution in [-0.2, 0) is 51.1 Å². The van der Waals surface area contributed by atoms with Crippen LogP contribution in [0.1, 0.15) is 38.8 Å². The van der Waals surface area contributed by atoms with Crippen LogP contribution in [0.25, 0.3) is 0 Å². The molecule has 12 nitrogen and oxygen atoms in total. The van der Waals surface area contributed by atoms with Crippen molar-refractivity contribution in [1.82, 2.24) is 20.4 Å². The summed E-state index contributed by atoms with van der Waals surface area (Å²) < 4.78 is 9.93. The smallest absolute Gasteiger partial charge is 0.354 e. The highest BCUT2D eigenvalue weighted by Gasteiger charge is 2.56. The van der Waals surface area contributed by atoms with Gasteiger partial charge in [0.25, 0.3) is 11.8 Å². The summed E-state index contributed by atoms with van der Waals surface area (Å²) in [6.45, 7) is 6.66. The predicted octanol–water partition coefficient (Wildman–Crippen LogP) is 3.09. The summed E-state index contributed by atoms with van der Waals surface area (Å²) >= 11 is 0. The van der Waals surface area contributed by atoms with Crippen LogP contribution in [0.2, 0.25) is 0 Å². The Balaban J connectivity index is 1.62. The van der Waals surface area contributed by atoms with Gasteiger partial charge >= 0.3 is 11.9 Å². The van der Waals surface area contributed by atoms with E-state index in [-0.39, 0.29) is 24.2 Å². The first-order valence-electron chi connectivity index (χ1n) is 15.1. The van der Waals surface area contributed by atoms with Crippen molar-refractivity contribution in [3.05, 3.63) is 94.3 Å². The van der Waals surface area contributed by atoms with Gasteiger partial charge in [-0.1, -0.05) is 82.3 Å². The zero-order valence-corrected chi connectivity index (χ0v) is 29.1. The van der Waals surface area contributed by atoms with E-state index in [4.69, 9.17) is 9.47 Å². The van der Waals surface area contributed by atoms with Gasteiger partial charge in [-0.15, -0.1) is 0 Å². The number of nitrogens with one attached hydrogen (secondary N) is 2. The summed E-state index contributed by atoms with van der Waals surface area (Å²) in [6, 6.07) is 16.0. The highest BCUT2D eigenvalue weighted by molar-refractivity contribution is 8.77.